The lowest BCUT2D eigenvalue weighted by atomic mass is 10.0. The first-order chi connectivity index (χ1) is 13.0. The molecule has 27 heavy (non-hydrogen) atoms. The van der Waals surface area contributed by atoms with E-state index in [0.29, 0.717) is 23.7 Å². The van der Waals surface area contributed by atoms with Gasteiger partial charge in [0.15, 0.2) is 5.92 Å². The second-order valence-corrected chi connectivity index (χ2v) is 5.94. The second-order valence-electron chi connectivity index (χ2n) is 5.94. The van der Waals surface area contributed by atoms with Crippen LogP contribution in [-0.4, -0.2) is 30.7 Å². The van der Waals surface area contributed by atoms with Crippen molar-refractivity contribution in [1.29, 1.82) is 0 Å². The van der Waals surface area contributed by atoms with Crippen LogP contribution in [0.2, 0.25) is 0 Å². The van der Waals surface area contributed by atoms with Crippen molar-refractivity contribution in [1.82, 2.24) is 5.32 Å². The highest BCUT2D eigenvalue weighted by atomic mass is 16.5. The molecule has 0 radical (unpaired) electrons. The van der Waals surface area contributed by atoms with Crippen molar-refractivity contribution in [2.45, 2.75) is 13.8 Å². The maximum Gasteiger partial charge on any atom is 0.335 e. The summed E-state index contributed by atoms with van der Waals surface area (Å²) >= 11 is 0. The predicted octanol–water partition coefficient (Wildman–Crippen LogP) is 3.00. The van der Waals surface area contributed by atoms with Crippen molar-refractivity contribution >= 4 is 35.4 Å². The molecule has 1 saturated heterocycles. The van der Waals surface area contributed by atoms with E-state index < -0.39 is 23.8 Å². The summed E-state index contributed by atoms with van der Waals surface area (Å²) in [5.74, 6) is -1.80. The number of rotatable bonds is 5. The van der Waals surface area contributed by atoms with Crippen LogP contribution in [0.1, 0.15) is 12.5 Å². The van der Waals surface area contributed by atoms with Gasteiger partial charge >= 0.3 is 6.03 Å². The summed E-state index contributed by atoms with van der Waals surface area (Å²) in [7, 11) is 0. The molecule has 7 heteroatoms. The number of imide groups is 2. The molecule has 3 rings (SSSR count). The fourth-order valence-corrected chi connectivity index (χ4v) is 2.72. The number of hydrogen-bond donors (Lipinski definition) is 1. The number of aryl methyl sites for hydroxylation is 1. The van der Waals surface area contributed by atoms with Gasteiger partial charge in [0.05, 0.1) is 18.0 Å². The molecule has 1 atom stereocenters. The van der Waals surface area contributed by atoms with Crippen LogP contribution in [0.25, 0.3) is 0 Å². The van der Waals surface area contributed by atoms with E-state index in [1.54, 1.807) is 55.5 Å². The summed E-state index contributed by atoms with van der Waals surface area (Å²) in [6.45, 7) is 4.23. The van der Waals surface area contributed by atoms with Gasteiger partial charge in [-0.3, -0.25) is 19.9 Å². The first kappa shape index (κ1) is 18.3. The number of ether oxygens (including phenoxy) is 1. The molecule has 1 aliphatic rings. The van der Waals surface area contributed by atoms with Crippen LogP contribution in [-0.2, 0) is 9.59 Å². The summed E-state index contributed by atoms with van der Waals surface area (Å²) in [6.07, 6.45) is 1.26. The molecule has 2 aromatic rings. The van der Waals surface area contributed by atoms with Gasteiger partial charge in [0.2, 0.25) is 5.91 Å². The van der Waals surface area contributed by atoms with E-state index in [1.165, 1.54) is 6.21 Å². The number of benzene rings is 2. The molecule has 0 spiro atoms. The van der Waals surface area contributed by atoms with Crippen molar-refractivity contribution in [2.24, 2.45) is 10.9 Å². The van der Waals surface area contributed by atoms with E-state index in [2.05, 4.69) is 10.3 Å². The average Bonchev–Trinajstić information content (AvgIpc) is 2.64. The number of carbonyl (C=O) groups is 3. The molecular weight excluding hydrogens is 346 g/mol. The third-order valence-corrected chi connectivity index (χ3v) is 4.08. The lowest BCUT2D eigenvalue weighted by molar-refractivity contribution is -0.131. The van der Waals surface area contributed by atoms with Crippen molar-refractivity contribution < 1.29 is 19.1 Å². The number of urea groups is 1. The smallest absolute Gasteiger partial charge is 0.335 e. The second kappa shape index (κ2) is 7.82. The Bertz CT molecular complexity index is 906. The van der Waals surface area contributed by atoms with Gasteiger partial charge in [0.25, 0.3) is 5.91 Å². The molecule has 1 N–H and O–H groups in total. The molecule has 0 unspecified atom stereocenters. The monoisotopic (exact) mass is 365 g/mol. The van der Waals surface area contributed by atoms with E-state index in [4.69, 9.17) is 4.74 Å². The first-order valence-corrected chi connectivity index (χ1v) is 8.52. The van der Waals surface area contributed by atoms with Gasteiger partial charge in [-0.2, -0.15) is 0 Å². The van der Waals surface area contributed by atoms with Crippen LogP contribution < -0.4 is 15.0 Å². The Labute approximate surface area is 156 Å². The SMILES string of the molecule is CCOc1ccc(N=C[C@@H]2C(=O)NC(=O)N(c3ccccc3C)C2=O)cc1. The van der Waals surface area contributed by atoms with Crippen molar-refractivity contribution in [2.75, 3.05) is 11.5 Å². The van der Waals surface area contributed by atoms with Crippen LogP contribution in [0.3, 0.4) is 0 Å². The van der Waals surface area contributed by atoms with Gasteiger partial charge in [0, 0.05) is 6.21 Å². The highest BCUT2D eigenvalue weighted by Gasteiger charge is 2.40. The third kappa shape index (κ3) is 3.87. The Morgan fingerprint density at radius 3 is 2.48 bits per heavy atom. The molecule has 1 fully saturated rings. The Morgan fingerprint density at radius 1 is 1.11 bits per heavy atom. The quantitative estimate of drug-likeness (QED) is 0.652. The van der Waals surface area contributed by atoms with E-state index in [0.717, 1.165) is 10.5 Å². The van der Waals surface area contributed by atoms with Gasteiger partial charge in [-0.25, -0.2) is 9.69 Å². The molecule has 0 saturated carbocycles. The zero-order chi connectivity index (χ0) is 19.4. The fraction of sp³-hybridized carbons (Fsp3) is 0.200. The third-order valence-electron chi connectivity index (χ3n) is 4.08. The molecule has 1 heterocycles. The van der Waals surface area contributed by atoms with Gasteiger partial charge < -0.3 is 4.74 Å². The van der Waals surface area contributed by atoms with Crippen LogP contribution in [0.4, 0.5) is 16.2 Å². The molecule has 0 bridgehead atoms. The van der Waals surface area contributed by atoms with Gasteiger partial charge in [-0.1, -0.05) is 18.2 Å². The van der Waals surface area contributed by atoms with Crippen molar-refractivity contribution in [3.63, 3.8) is 0 Å². The van der Waals surface area contributed by atoms with E-state index >= 15 is 0 Å². The molecule has 0 aliphatic carbocycles. The standard InChI is InChI=1S/C20H19N3O4/c1-3-27-15-10-8-14(9-11-15)21-12-16-18(24)22-20(26)23(19(16)25)17-7-5-4-6-13(17)2/h4-12,16H,3H2,1-2H3,(H,22,24,26)/t16-/m1/s1. The molecule has 1 aliphatic heterocycles. The summed E-state index contributed by atoms with van der Waals surface area (Å²) in [5, 5.41) is 2.21. The van der Waals surface area contributed by atoms with Gasteiger partial charge in [-0.05, 0) is 49.7 Å². The maximum atomic E-state index is 12.8. The Balaban J connectivity index is 1.84. The molecule has 4 amide bonds. The molecule has 2 aromatic carbocycles. The summed E-state index contributed by atoms with van der Waals surface area (Å²) < 4.78 is 5.36. The Hall–Kier alpha value is -3.48. The summed E-state index contributed by atoms with van der Waals surface area (Å²) in [4.78, 5) is 42.3. The average molecular weight is 365 g/mol. The number of barbiturate groups is 1. The van der Waals surface area contributed by atoms with Crippen LogP contribution in [0.5, 0.6) is 5.75 Å². The van der Waals surface area contributed by atoms with Crippen molar-refractivity contribution in [3.05, 3.63) is 54.1 Å². The van der Waals surface area contributed by atoms with Crippen LogP contribution in [0.15, 0.2) is 53.5 Å². The van der Waals surface area contributed by atoms with Crippen LogP contribution >= 0.6 is 0 Å². The number of amides is 4. The lowest BCUT2D eigenvalue weighted by Gasteiger charge is -2.29. The number of aliphatic imine (C=N–C) groups is 1. The topological polar surface area (TPSA) is 88.1 Å². The number of hydrogen-bond acceptors (Lipinski definition) is 5. The Kier molecular flexibility index (Phi) is 5.30. The summed E-state index contributed by atoms with van der Waals surface area (Å²) in [5.41, 5.74) is 1.75. The fourth-order valence-electron chi connectivity index (χ4n) is 2.72. The van der Waals surface area contributed by atoms with Crippen molar-refractivity contribution in [3.8, 4) is 5.75 Å². The van der Waals surface area contributed by atoms with E-state index in [1.807, 2.05) is 6.92 Å². The highest BCUT2D eigenvalue weighted by molar-refractivity contribution is 6.32. The number of para-hydroxylation sites is 1. The molecule has 138 valence electrons. The van der Waals surface area contributed by atoms with E-state index in [-0.39, 0.29) is 0 Å². The lowest BCUT2D eigenvalue weighted by Crippen LogP contribution is -2.58. The Morgan fingerprint density at radius 2 is 1.81 bits per heavy atom. The number of nitrogens with zero attached hydrogens (tertiary/aromatic N) is 2. The predicted molar refractivity (Wildman–Crippen MR) is 101 cm³/mol. The molecular formula is C20H19N3O4. The minimum atomic E-state index is -1.19. The minimum Gasteiger partial charge on any atom is -0.494 e. The number of carbonyl (C=O) groups excluding carboxylic acids is 3. The minimum absolute atomic E-state index is 0.437. The maximum absolute atomic E-state index is 12.8. The van der Waals surface area contributed by atoms with Gasteiger partial charge in [0.1, 0.15) is 5.75 Å². The highest BCUT2D eigenvalue weighted by Crippen LogP contribution is 2.24. The zero-order valence-corrected chi connectivity index (χ0v) is 15.0. The number of anilines is 1. The normalized spacial score (nSPS) is 17.3. The zero-order valence-electron chi connectivity index (χ0n) is 15.0. The number of nitrogens with one attached hydrogen (secondary N) is 1. The van der Waals surface area contributed by atoms with E-state index in [9.17, 15) is 14.4 Å². The largest absolute Gasteiger partial charge is 0.494 e. The van der Waals surface area contributed by atoms with Crippen LogP contribution in [0, 0.1) is 12.8 Å². The first-order valence-electron chi connectivity index (χ1n) is 8.52. The molecule has 0 aromatic heterocycles. The summed E-state index contributed by atoms with van der Waals surface area (Å²) in [6, 6.07) is 13.2. The van der Waals surface area contributed by atoms with Gasteiger partial charge in [-0.15, -0.1) is 0 Å². The molecule has 7 nitrogen and oxygen atoms in total.